The highest BCUT2D eigenvalue weighted by molar-refractivity contribution is 5.79. The number of hydrogen-bond acceptors (Lipinski definition) is 8. The molecule has 164 valence electrons. The molecule has 1 aliphatic carbocycles. The fourth-order valence-electron chi connectivity index (χ4n) is 5.12. The summed E-state index contributed by atoms with van der Waals surface area (Å²) < 4.78 is 24.8. The van der Waals surface area contributed by atoms with Gasteiger partial charge in [-0.05, 0) is 41.5 Å². The number of carbonyl (C=O) groups is 1. The lowest BCUT2D eigenvalue weighted by molar-refractivity contribution is -0.127. The molecule has 1 N–H and O–H groups in total. The second-order valence-electron chi connectivity index (χ2n) is 8.63. The molecule has 6 rings (SSSR count). The highest BCUT2D eigenvalue weighted by atomic mass is 16.7. The predicted molar refractivity (Wildman–Crippen MR) is 106 cm³/mol. The summed E-state index contributed by atoms with van der Waals surface area (Å²) in [7, 11) is 0. The van der Waals surface area contributed by atoms with E-state index in [2.05, 4.69) is 20.8 Å². The summed E-state index contributed by atoms with van der Waals surface area (Å²) in [6.45, 7) is 1.07. The van der Waals surface area contributed by atoms with E-state index in [1.165, 1.54) is 6.42 Å². The molecular formula is C21H25N5O5. The number of benzene rings is 1. The molecule has 10 nitrogen and oxygen atoms in total. The average Bonchev–Trinajstić information content (AvgIpc) is 3.58. The van der Waals surface area contributed by atoms with Crippen LogP contribution in [0.5, 0.6) is 11.5 Å². The highest BCUT2D eigenvalue weighted by Gasteiger charge is 2.50. The molecule has 0 spiro atoms. The predicted octanol–water partition coefficient (Wildman–Crippen LogP) is 1.47. The van der Waals surface area contributed by atoms with Gasteiger partial charge in [0.25, 0.3) is 0 Å². The molecule has 0 radical (unpaired) electrons. The van der Waals surface area contributed by atoms with Crippen LogP contribution in [0, 0.1) is 5.92 Å². The van der Waals surface area contributed by atoms with Crippen molar-refractivity contribution in [2.24, 2.45) is 5.92 Å². The van der Waals surface area contributed by atoms with Gasteiger partial charge in [0.05, 0.1) is 19.3 Å². The molecule has 1 aromatic carbocycles. The summed E-state index contributed by atoms with van der Waals surface area (Å²) in [6.07, 6.45) is 5.02. The largest absolute Gasteiger partial charge is 0.454 e. The van der Waals surface area contributed by atoms with E-state index in [0.29, 0.717) is 30.5 Å². The fourth-order valence-corrected chi connectivity index (χ4v) is 5.12. The Balaban J connectivity index is 1.18. The van der Waals surface area contributed by atoms with Crippen molar-refractivity contribution in [3.05, 3.63) is 18.2 Å². The molecule has 4 aliphatic rings. The molecule has 1 aromatic heterocycles. The van der Waals surface area contributed by atoms with E-state index in [1.54, 1.807) is 4.68 Å². The van der Waals surface area contributed by atoms with Crippen LogP contribution in [-0.4, -0.2) is 64.4 Å². The average molecular weight is 427 g/mol. The number of tetrazole rings is 1. The van der Waals surface area contributed by atoms with Crippen LogP contribution in [0.3, 0.4) is 0 Å². The van der Waals surface area contributed by atoms with E-state index in [0.717, 1.165) is 31.2 Å². The Morgan fingerprint density at radius 1 is 1.03 bits per heavy atom. The first-order valence-electron chi connectivity index (χ1n) is 11.0. The Morgan fingerprint density at radius 2 is 1.87 bits per heavy atom. The number of nitrogens with zero attached hydrogens (tertiary/aromatic N) is 4. The second kappa shape index (κ2) is 7.76. The van der Waals surface area contributed by atoms with Gasteiger partial charge in [-0.3, -0.25) is 4.79 Å². The number of nitrogens with one attached hydrogen (secondary N) is 1. The zero-order valence-corrected chi connectivity index (χ0v) is 17.1. The minimum atomic E-state index is -0.215. The Hall–Kier alpha value is -2.72. The van der Waals surface area contributed by atoms with Crippen LogP contribution >= 0.6 is 0 Å². The Morgan fingerprint density at radius 3 is 2.77 bits per heavy atom. The first-order valence-corrected chi connectivity index (χ1v) is 11.0. The minimum Gasteiger partial charge on any atom is -0.454 e. The summed E-state index contributed by atoms with van der Waals surface area (Å²) in [4.78, 5) is 12.7. The number of rotatable bonds is 4. The highest BCUT2D eigenvalue weighted by Crippen LogP contribution is 2.38. The van der Waals surface area contributed by atoms with Crippen molar-refractivity contribution in [1.29, 1.82) is 0 Å². The first-order chi connectivity index (χ1) is 15.3. The molecule has 1 amide bonds. The molecule has 2 saturated heterocycles. The van der Waals surface area contributed by atoms with E-state index in [-0.39, 0.29) is 42.9 Å². The van der Waals surface area contributed by atoms with Gasteiger partial charge in [0, 0.05) is 11.5 Å². The maximum atomic E-state index is 12.7. The summed E-state index contributed by atoms with van der Waals surface area (Å²) in [6, 6.07) is 5.33. The molecule has 2 aromatic rings. The Kier molecular flexibility index (Phi) is 4.76. The SMILES string of the molecule is O=C(N[C@H]1CO[C@H]2[C@@H]1OC[C@@H]2n1nnnc1-c1ccc2c(c1)OCO2)C1CCCCC1. The fraction of sp³-hybridized carbons (Fsp3) is 0.619. The van der Waals surface area contributed by atoms with Crippen LogP contribution in [0.4, 0.5) is 0 Å². The topological polar surface area (TPSA) is 110 Å². The monoisotopic (exact) mass is 427 g/mol. The molecule has 3 aliphatic heterocycles. The second-order valence-corrected chi connectivity index (χ2v) is 8.63. The minimum absolute atomic E-state index is 0.113. The van der Waals surface area contributed by atoms with Crippen molar-refractivity contribution in [2.45, 2.75) is 56.4 Å². The third kappa shape index (κ3) is 3.34. The van der Waals surface area contributed by atoms with Gasteiger partial charge in [-0.15, -0.1) is 5.10 Å². The van der Waals surface area contributed by atoms with E-state index in [4.69, 9.17) is 18.9 Å². The van der Waals surface area contributed by atoms with E-state index < -0.39 is 0 Å². The summed E-state index contributed by atoms with van der Waals surface area (Å²) in [5.74, 6) is 2.25. The van der Waals surface area contributed by atoms with Crippen LogP contribution in [0.25, 0.3) is 11.4 Å². The smallest absolute Gasteiger partial charge is 0.231 e. The zero-order chi connectivity index (χ0) is 20.8. The normalized spacial score (nSPS) is 29.8. The molecule has 10 heteroatoms. The van der Waals surface area contributed by atoms with Gasteiger partial charge >= 0.3 is 0 Å². The third-order valence-electron chi connectivity index (χ3n) is 6.77. The summed E-state index contributed by atoms with van der Waals surface area (Å²) in [5, 5.41) is 15.5. The van der Waals surface area contributed by atoms with Gasteiger partial charge in [-0.25, -0.2) is 4.68 Å². The van der Waals surface area contributed by atoms with Crippen molar-refractivity contribution >= 4 is 5.91 Å². The molecule has 1 saturated carbocycles. The van der Waals surface area contributed by atoms with E-state index >= 15 is 0 Å². The van der Waals surface area contributed by atoms with Gasteiger partial charge < -0.3 is 24.3 Å². The number of ether oxygens (including phenoxy) is 4. The van der Waals surface area contributed by atoms with Crippen LogP contribution in [0.15, 0.2) is 18.2 Å². The van der Waals surface area contributed by atoms with E-state index in [9.17, 15) is 4.79 Å². The summed E-state index contributed by atoms with van der Waals surface area (Å²) in [5.41, 5.74) is 0.831. The third-order valence-corrected chi connectivity index (χ3v) is 6.77. The number of carbonyl (C=O) groups excluding carboxylic acids is 1. The quantitative estimate of drug-likeness (QED) is 0.781. The molecule has 3 fully saturated rings. The van der Waals surface area contributed by atoms with Crippen molar-refractivity contribution in [3.63, 3.8) is 0 Å². The summed E-state index contributed by atoms with van der Waals surface area (Å²) >= 11 is 0. The Bertz CT molecular complexity index is 975. The van der Waals surface area contributed by atoms with Crippen LogP contribution in [0.1, 0.15) is 38.1 Å². The van der Waals surface area contributed by atoms with E-state index in [1.807, 2.05) is 18.2 Å². The van der Waals surface area contributed by atoms with Crippen molar-refractivity contribution in [2.75, 3.05) is 20.0 Å². The van der Waals surface area contributed by atoms with Crippen LogP contribution < -0.4 is 14.8 Å². The number of amides is 1. The molecule has 4 atom stereocenters. The number of fused-ring (bicyclic) bond motifs is 2. The van der Waals surface area contributed by atoms with Crippen LogP contribution in [-0.2, 0) is 14.3 Å². The number of aromatic nitrogens is 4. The Labute approximate surface area is 179 Å². The lowest BCUT2D eigenvalue weighted by Gasteiger charge is -2.24. The standard InChI is InChI=1S/C21H25N5O5/c27-21(12-4-2-1-3-5-12)22-14-9-28-19-15(10-29-18(14)19)26-20(23-24-25-26)13-6-7-16-17(8-13)31-11-30-16/h6-8,12,14-15,18-19H,1-5,9-11H2,(H,22,27)/t14-,15-,18+,19+/m0/s1. The van der Waals surface area contributed by atoms with Gasteiger partial charge in [0.15, 0.2) is 17.3 Å². The molecule has 4 heterocycles. The molecule has 0 unspecified atom stereocenters. The molecular weight excluding hydrogens is 402 g/mol. The zero-order valence-electron chi connectivity index (χ0n) is 17.1. The van der Waals surface area contributed by atoms with Crippen molar-refractivity contribution in [3.8, 4) is 22.9 Å². The number of hydrogen-bond donors (Lipinski definition) is 1. The first kappa shape index (κ1) is 19.0. The van der Waals surface area contributed by atoms with Crippen molar-refractivity contribution in [1.82, 2.24) is 25.5 Å². The van der Waals surface area contributed by atoms with Gasteiger partial charge in [-0.1, -0.05) is 19.3 Å². The maximum Gasteiger partial charge on any atom is 0.231 e. The maximum absolute atomic E-state index is 12.7. The van der Waals surface area contributed by atoms with Gasteiger partial charge in [0.2, 0.25) is 12.7 Å². The van der Waals surface area contributed by atoms with Gasteiger partial charge in [-0.2, -0.15) is 0 Å². The molecule has 31 heavy (non-hydrogen) atoms. The molecule has 0 bridgehead atoms. The lowest BCUT2D eigenvalue weighted by Crippen LogP contribution is -2.46. The van der Waals surface area contributed by atoms with Gasteiger partial charge in [0.1, 0.15) is 18.2 Å². The van der Waals surface area contributed by atoms with Crippen molar-refractivity contribution < 1.29 is 23.7 Å². The van der Waals surface area contributed by atoms with Crippen LogP contribution in [0.2, 0.25) is 0 Å². The lowest BCUT2D eigenvalue weighted by atomic mass is 9.88.